The van der Waals surface area contributed by atoms with Crippen LogP contribution in [0.25, 0.3) is 0 Å². The molecule has 21 heavy (non-hydrogen) atoms. The second-order valence-electron chi connectivity index (χ2n) is 4.74. The average Bonchev–Trinajstić information content (AvgIpc) is 2.95. The van der Waals surface area contributed by atoms with E-state index in [0.29, 0.717) is 18.0 Å². The van der Waals surface area contributed by atoms with Crippen molar-refractivity contribution in [1.29, 1.82) is 0 Å². The molecule has 1 aliphatic rings. The molecular weight excluding hydrogens is 315 g/mol. The molecule has 0 spiro atoms. The second kappa shape index (κ2) is 6.91. The van der Waals surface area contributed by atoms with Crippen LogP contribution in [-0.2, 0) is 9.59 Å². The Kier molecular flexibility index (Phi) is 5.20. The van der Waals surface area contributed by atoms with Gasteiger partial charge in [-0.25, -0.2) is 0 Å². The van der Waals surface area contributed by atoms with E-state index < -0.39 is 5.91 Å². The Morgan fingerprint density at radius 1 is 1.38 bits per heavy atom. The number of nitrogens with zero attached hydrogens (tertiary/aromatic N) is 1. The van der Waals surface area contributed by atoms with Crippen molar-refractivity contribution < 1.29 is 14.4 Å². The molecule has 0 radical (unpaired) electrons. The lowest BCUT2D eigenvalue weighted by molar-refractivity contribution is -0.133. The summed E-state index contributed by atoms with van der Waals surface area (Å²) in [6.45, 7) is 0.363. The zero-order valence-electron chi connectivity index (χ0n) is 11.1. The topological polar surface area (TPSA) is 66.5 Å². The Hall–Kier alpha value is -1.59. The molecule has 5 nitrogen and oxygen atoms in total. The van der Waals surface area contributed by atoms with E-state index in [2.05, 4.69) is 5.32 Å². The maximum atomic E-state index is 12.0. The highest BCUT2D eigenvalue weighted by molar-refractivity contribution is 6.35. The van der Waals surface area contributed by atoms with Crippen molar-refractivity contribution in [3.05, 3.63) is 33.8 Å². The summed E-state index contributed by atoms with van der Waals surface area (Å²) in [5.41, 5.74) is 0.213. The quantitative estimate of drug-likeness (QED) is 0.858. The van der Waals surface area contributed by atoms with Crippen LogP contribution in [0.2, 0.25) is 10.0 Å². The van der Waals surface area contributed by atoms with Crippen molar-refractivity contribution in [2.75, 3.05) is 13.1 Å². The summed E-state index contributed by atoms with van der Waals surface area (Å²) in [6, 6.07) is 4.14. The average molecular weight is 329 g/mol. The van der Waals surface area contributed by atoms with Crippen LogP contribution < -0.4 is 5.32 Å². The van der Waals surface area contributed by atoms with Crippen molar-refractivity contribution in [3.63, 3.8) is 0 Å². The van der Waals surface area contributed by atoms with Crippen LogP contribution >= 0.6 is 23.2 Å². The number of nitrogens with one attached hydrogen (secondary N) is 1. The van der Waals surface area contributed by atoms with E-state index in [1.165, 1.54) is 17.0 Å². The number of likely N-dealkylation sites (tertiary alicyclic amines) is 1. The van der Waals surface area contributed by atoms with E-state index in [0.717, 1.165) is 12.7 Å². The molecule has 2 amide bonds. The summed E-state index contributed by atoms with van der Waals surface area (Å²) in [7, 11) is 0. The monoisotopic (exact) mass is 328 g/mol. The lowest BCUT2D eigenvalue weighted by atomic mass is 10.2. The summed E-state index contributed by atoms with van der Waals surface area (Å²) in [5, 5.41) is 3.15. The first-order valence-electron chi connectivity index (χ1n) is 6.51. The minimum atomic E-state index is -0.474. The molecule has 0 aromatic heterocycles. The minimum Gasteiger partial charge on any atom is -0.343 e. The Morgan fingerprint density at radius 2 is 2.14 bits per heavy atom. The summed E-state index contributed by atoms with van der Waals surface area (Å²) in [4.78, 5) is 36.3. The Morgan fingerprint density at radius 3 is 2.86 bits per heavy atom. The van der Waals surface area contributed by atoms with E-state index in [9.17, 15) is 14.4 Å². The van der Waals surface area contributed by atoms with Gasteiger partial charge in [0.15, 0.2) is 0 Å². The molecule has 1 heterocycles. The molecule has 1 N–H and O–H groups in total. The van der Waals surface area contributed by atoms with Gasteiger partial charge in [0.1, 0.15) is 6.29 Å². The highest BCUT2D eigenvalue weighted by Gasteiger charge is 2.28. The SMILES string of the molecule is O=C[C@@H]1CCCN1C(=O)CNC(=O)c1cc(Cl)ccc1Cl. The smallest absolute Gasteiger partial charge is 0.253 e. The number of hydrogen-bond acceptors (Lipinski definition) is 3. The molecule has 2 rings (SSSR count). The van der Waals surface area contributed by atoms with Crippen LogP contribution in [-0.4, -0.2) is 42.1 Å². The lowest BCUT2D eigenvalue weighted by Crippen LogP contribution is -2.43. The first-order valence-corrected chi connectivity index (χ1v) is 7.26. The summed E-state index contributed by atoms with van der Waals surface area (Å²) < 4.78 is 0. The molecule has 0 saturated carbocycles. The zero-order valence-corrected chi connectivity index (χ0v) is 12.7. The van der Waals surface area contributed by atoms with E-state index in [1.54, 1.807) is 6.07 Å². The van der Waals surface area contributed by atoms with Crippen LogP contribution in [0, 0.1) is 0 Å². The van der Waals surface area contributed by atoms with Crippen LogP contribution in [0.4, 0.5) is 0 Å². The van der Waals surface area contributed by atoms with Crippen LogP contribution in [0.1, 0.15) is 23.2 Å². The van der Waals surface area contributed by atoms with E-state index in [1.807, 2.05) is 0 Å². The summed E-state index contributed by atoms with van der Waals surface area (Å²) in [6.07, 6.45) is 2.23. The predicted molar refractivity (Wildman–Crippen MR) is 79.6 cm³/mol. The summed E-state index contributed by atoms with van der Waals surface area (Å²) >= 11 is 11.7. The van der Waals surface area contributed by atoms with Gasteiger partial charge in [0.2, 0.25) is 5.91 Å². The first-order chi connectivity index (χ1) is 10.0. The lowest BCUT2D eigenvalue weighted by Gasteiger charge is -2.20. The third kappa shape index (κ3) is 3.74. The van der Waals surface area contributed by atoms with Gasteiger partial charge in [-0.2, -0.15) is 0 Å². The molecule has 112 valence electrons. The number of amides is 2. The van der Waals surface area contributed by atoms with Crippen LogP contribution in [0.5, 0.6) is 0 Å². The normalized spacial score (nSPS) is 17.6. The number of rotatable bonds is 4. The van der Waals surface area contributed by atoms with Gasteiger partial charge in [0.05, 0.1) is 23.2 Å². The molecule has 1 aromatic carbocycles. The fourth-order valence-electron chi connectivity index (χ4n) is 2.27. The summed E-state index contributed by atoms with van der Waals surface area (Å²) in [5.74, 6) is -0.756. The first kappa shape index (κ1) is 15.8. The highest BCUT2D eigenvalue weighted by atomic mass is 35.5. The Balaban J connectivity index is 1.96. The van der Waals surface area contributed by atoms with Gasteiger partial charge < -0.3 is 15.0 Å². The maximum absolute atomic E-state index is 12.0. The van der Waals surface area contributed by atoms with Gasteiger partial charge in [0.25, 0.3) is 5.91 Å². The third-order valence-corrected chi connectivity index (χ3v) is 3.91. The van der Waals surface area contributed by atoms with Gasteiger partial charge in [-0.1, -0.05) is 23.2 Å². The molecule has 1 atom stereocenters. The molecule has 0 aliphatic carbocycles. The minimum absolute atomic E-state index is 0.175. The van der Waals surface area contributed by atoms with Crippen LogP contribution in [0.3, 0.4) is 0 Å². The number of halogens is 2. The van der Waals surface area contributed by atoms with Gasteiger partial charge in [-0.15, -0.1) is 0 Å². The number of aldehydes is 1. The van der Waals surface area contributed by atoms with Gasteiger partial charge in [0, 0.05) is 11.6 Å². The molecule has 1 aromatic rings. The largest absolute Gasteiger partial charge is 0.343 e. The highest BCUT2D eigenvalue weighted by Crippen LogP contribution is 2.20. The van der Waals surface area contributed by atoms with Crippen LogP contribution in [0.15, 0.2) is 18.2 Å². The molecule has 7 heteroatoms. The predicted octanol–water partition coefficient (Wildman–Crippen LogP) is 1.91. The van der Waals surface area contributed by atoms with Crippen molar-refractivity contribution in [2.24, 2.45) is 0 Å². The molecule has 0 unspecified atom stereocenters. The maximum Gasteiger partial charge on any atom is 0.253 e. The Labute approximate surface area is 132 Å². The van der Waals surface area contributed by atoms with Gasteiger partial charge in [-0.05, 0) is 31.0 Å². The van der Waals surface area contributed by atoms with E-state index in [-0.39, 0.29) is 29.1 Å². The van der Waals surface area contributed by atoms with E-state index in [4.69, 9.17) is 23.2 Å². The van der Waals surface area contributed by atoms with Gasteiger partial charge in [-0.3, -0.25) is 9.59 Å². The number of carbonyl (C=O) groups is 3. The number of benzene rings is 1. The van der Waals surface area contributed by atoms with E-state index >= 15 is 0 Å². The van der Waals surface area contributed by atoms with Crippen molar-refractivity contribution >= 4 is 41.3 Å². The molecule has 0 bridgehead atoms. The second-order valence-corrected chi connectivity index (χ2v) is 5.58. The molecule has 1 fully saturated rings. The standard InChI is InChI=1S/C14H14Cl2N2O3/c15-9-3-4-12(16)11(6-9)14(21)17-7-13(20)18-5-1-2-10(18)8-19/h3-4,6,8,10H,1-2,5,7H2,(H,17,21)/t10-/m0/s1. The van der Waals surface area contributed by atoms with Gasteiger partial charge >= 0.3 is 0 Å². The Bertz CT molecular complexity index is 577. The van der Waals surface area contributed by atoms with Crippen molar-refractivity contribution in [2.45, 2.75) is 18.9 Å². The van der Waals surface area contributed by atoms with Crippen molar-refractivity contribution in [3.8, 4) is 0 Å². The van der Waals surface area contributed by atoms with Crippen molar-refractivity contribution in [1.82, 2.24) is 10.2 Å². The fraction of sp³-hybridized carbons (Fsp3) is 0.357. The number of carbonyl (C=O) groups excluding carboxylic acids is 3. The molecular formula is C14H14Cl2N2O3. The molecule has 1 aliphatic heterocycles. The molecule has 1 saturated heterocycles. The zero-order chi connectivity index (χ0) is 15.4. The fourth-order valence-corrected chi connectivity index (χ4v) is 2.64. The third-order valence-electron chi connectivity index (χ3n) is 3.35. The number of hydrogen-bond donors (Lipinski definition) is 1.